The number of allylic oxidation sites excluding steroid dienone is 1. The summed E-state index contributed by atoms with van der Waals surface area (Å²) in [6, 6.07) is 11.6. The summed E-state index contributed by atoms with van der Waals surface area (Å²) >= 11 is 6.46. The van der Waals surface area contributed by atoms with Gasteiger partial charge in [0.1, 0.15) is 15.7 Å². The minimum absolute atomic E-state index is 0.0647. The molecule has 3 aromatic rings. The summed E-state index contributed by atoms with van der Waals surface area (Å²) < 4.78 is 36.2. The standard InChI is InChI=1S/C39H48ClN5O5S/c1-5-45-22-30(20-41-45)38(47)43-51(48)26(3)25(2)8-6-10-35(49-4)32-14-11-29(32)21-44-23-39(17-7-9-27-18-31(40)13-15-33(27)39)24-50-36-16-12-28(19-34(36)44)37(46)42-51/h6,10,12-13,15-16,18-20,22,25-26,29,32,35H,5,7-9,11,14,17,21,23-24H2,1-4H3,(H,42,43,46,47,48)/b10-6+/t25-,26+,29-,32+,35-,39-,51?/m0/s1. The highest BCUT2D eigenvalue weighted by atomic mass is 35.5. The number of fused-ring (bicyclic) bond motifs is 4. The predicted octanol–water partition coefficient (Wildman–Crippen LogP) is 7.01. The van der Waals surface area contributed by atoms with Crippen LogP contribution in [0.4, 0.5) is 5.69 Å². The molecular weight excluding hydrogens is 686 g/mol. The molecule has 1 spiro atoms. The van der Waals surface area contributed by atoms with Crippen LogP contribution in [0, 0.1) is 17.8 Å². The highest BCUT2D eigenvalue weighted by Crippen LogP contribution is 2.47. The van der Waals surface area contributed by atoms with E-state index >= 15 is 0 Å². The fourth-order valence-corrected chi connectivity index (χ4v) is 10.4. The summed E-state index contributed by atoms with van der Waals surface area (Å²) in [6.07, 6.45) is 12.9. The molecule has 272 valence electrons. The first-order valence-corrected chi connectivity index (χ1v) is 20.1. The number of carbonyl (C=O) groups excluding carboxylic acids is 2. The quantitative estimate of drug-likeness (QED) is 0.287. The van der Waals surface area contributed by atoms with Crippen molar-refractivity contribution in [3.05, 3.63) is 88.2 Å². The van der Waals surface area contributed by atoms with Crippen LogP contribution in [-0.2, 0) is 33.0 Å². The van der Waals surface area contributed by atoms with Gasteiger partial charge in [-0.15, -0.1) is 4.36 Å². The van der Waals surface area contributed by atoms with Crippen LogP contribution >= 0.6 is 11.6 Å². The molecule has 1 saturated carbocycles. The average Bonchev–Trinajstić information content (AvgIpc) is 3.55. The number of hydrogen-bond donors (Lipinski definition) is 1. The van der Waals surface area contributed by atoms with E-state index in [0.717, 1.165) is 49.4 Å². The van der Waals surface area contributed by atoms with Gasteiger partial charge in [0, 0.05) is 48.9 Å². The molecule has 2 aliphatic heterocycles. The fraction of sp³-hybridized carbons (Fsp3) is 0.513. The summed E-state index contributed by atoms with van der Waals surface area (Å²) in [5.41, 5.74) is 3.64. The first-order chi connectivity index (χ1) is 24.5. The lowest BCUT2D eigenvalue weighted by Crippen LogP contribution is -2.49. The number of aryl methyl sites for hydroxylation is 2. The van der Waals surface area contributed by atoms with Crippen molar-refractivity contribution in [3.8, 4) is 5.75 Å². The Kier molecular flexibility index (Phi) is 10.1. The van der Waals surface area contributed by atoms with E-state index in [1.807, 2.05) is 32.0 Å². The van der Waals surface area contributed by atoms with Crippen LogP contribution in [0.15, 0.2) is 65.3 Å². The highest BCUT2D eigenvalue weighted by molar-refractivity contribution is 7.93. The topological polar surface area (TPSA) is 115 Å². The number of anilines is 1. The molecule has 7 atom stereocenters. The Bertz CT molecular complexity index is 1970. The molecule has 4 aliphatic rings. The van der Waals surface area contributed by atoms with Crippen LogP contribution in [0.1, 0.15) is 84.7 Å². The number of nitrogens with one attached hydrogen (secondary N) is 1. The Hall–Kier alpha value is -3.67. The molecule has 12 heteroatoms. The number of benzene rings is 2. The number of hydrogen-bond acceptors (Lipinski definition) is 7. The van der Waals surface area contributed by atoms with Crippen molar-refractivity contribution in [3.63, 3.8) is 0 Å². The maximum atomic E-state index is 14.8. The van der Waals surface area contributed by atoms with Crippen LogP contribution in [-0.4, -0.2) is 64.0 Å². The maximum Gasteiger partial charge on any atom is 0.286 e. The van der Waals surface area contributed by atoms with Crippen molar-refractivity contribution in [2.24, 2.45) is 22.1 Å². The first kappa shape index (κ1) is 35.7. The maximum absolute atomic E-state index is 14.8. The Morgan fingerprint density at radius 1 is 1.20 bits per heavy atom. The normalized spacial score (nSPS) is 31.3. The van der Waals surface area contributed by atoms with Gasteiger partial charge in [0.25, 0.3) is 11.8 Å². The number of amides is 2. The lowest BCUT2D eigenvalue weighted by atomic mass is 9.68. The van der Waals surface area contributed by atoms with Gasteiger partial charge in [-0.2, -0.15) is 5.10 Å². The number of nitrogens with zero attached hydrogens (tertiary/aromatic N) is 4. The minimum atomic E-state index is -3.60. The van der Waals surface area contributed by atoms with E-state index in [1.165, 1.54) is 17.3 Å². The lowest BCUT2D eigenvalue weighted by Gasteiger charge is -2.46. The highest BCUT2D eigenvalue weighted by Gasteiger charge is 2.44. The number of methoxy groups -OCH3 is 1. The van der Waals surface area contributed by atoms with Crippen LogP contribution < -0.4 is 14.4 Å². The molecule has 7 rings (SSSR count). The zero-order valence-corrected chi connectivity index (χ0v) is 31.4. The molecule has 2 aromatic carbocycles. The molecule has 0 radical (unpaired) electrons. The average molecular weight is 734 g/mol. The van der Waals surface area contributed by atoms with Crippen molar-refractivity contribution in [1.29, 1.82) is 0 Å². The molecule has 0 saturated heterocycles. The van der Waals surface area contributed by atoms with Crippen molar-refractivity contribution in [2.45, 2.75) is 82.6 Å². The molecule has 2 amide bonds. The summed E-state index contributed by atoms with van der Waals surface area (Å²) in [6.45, 7) is 8.25. The van der Waals surface area contributed by atoms with E-state index in [9.17, 15) is 13.8 Å². The van der Waals surface area contributed by atoms with Crippen LogP contribution in [0.3, 0.4) is 0 Å². The summed E-state index contributed by atoms with van der Waals surface area (Å²) in [7, 11) is -1.83. The lowest BCUT2D eigenvalue weighted by molar-refractivity contribution is 0.0131. The van der Waals surface area contributed by atoms with Gasteiger partial charge < -0.3 is 14.4 Å². The second-order valence-electron chi connectivity index (χ2n) is 14.8. The van der Waals surface area contributed by atoms with Crippen molar-refractivity contribution in [2.75, 3.05) is 31.7 Å². The fourth-order valence-electron chi connectivity index (χ4n) is 8.33. The van der Waals surface area contributed by atoms with E-state index in [-0.39, 0.29) is 23.0 Å². The third-order valence-corrected chi connectivity index (χ3v) is 14.3. The van der Waals surface area contributed by atoms with Gasteiger partial charge in [-0.1, -0.05) is 36.7 Å². The van der Waals surface area contributed by atoms with E-state index in [1.54, 1.807) is 31.0 Å². The van der Waals surface area contributed by atoms with E-state index in [0.29, 0.717) is 49.3 Å². The number of aromatic nitrogens is 2. The first-order valence-electron chi connectivity index (χ1n) is 18.2. The molecule has 1 fully saturated rings. The van der Waals surface area contributed by atoms with Gasteiger partial charge >= 0.3 is 0 Å². The molecule has 10 nitrogen and oxygen atoms in total. The minimum Gasteiger partial charge on any atom is -0.490 e. The molecule has 1 N–H and O–H groups in total. The predicted molar refractivity (Wildman–Crippen MR) is 200 cm³/mol. The molecule has 1 unspecified atom stereocenters. The number of carbonyl (C=O) groups is 2. The largest absolute Gasteiger partial charge is 0.490 e. The Labute approximate surface area is 306 Å². The van der Waals surface area contributed by atoms with Crippen LogP contribution in [0.5, 0.6) is 5.75 Å². The summed E-state index contributed by atoms with van der Waals surface area (Å²) in [5, 5.41) is 4.28. The Morgan fingerprint density at radius 2 is 2.04 bits per heavy atom. The monoisotopic (exact) mass is 733 g/mol. The van der Waals surface area contributed by atoms with Gasteiger partial charge in [-0.3, -0.25) is 19.0 Å². The number of rotatable bonds is 4. The van der Waals surface area contributed by atoms with E-state index < -0.39 is 27.0 Å². The molecule has 2 aliphatic carbocycles. The van der Waals surface area contributed by atoms with Gasteiger partial charge in [0.2, 0.25) is 0 Å². The molecule has 1 aromatic heterocycles. The smallest absolute Gasteiger partial charge is 0.286 e. The Balaban J connectivity index is 1.32. The third kappa shape index (κ3) is 6.97. The number of ether oxygens (including phenoxy) is 2. The number of halogens is 1. The second-order valence-corrected chi connectivity index (χ2v) is 17.5. The zero-order chi connectivity index (χ0) is 35.9. The zero-order valence-electron chi connectivity index (χ0n) is 29.8. The van der Waals surface area contributed by atoms with Gasteiger partial charge in [0.15, 0.2) is 0 Å². The molecule has 2 bridgehead atoms. The van der Waals surface area contributed by atoms with Gasteiger partial charge in [-0.25, -0.2) is 4.21 Å². The van der Waals surface area contributed by atoms with Crippen LogP contribution in [0.2, 0.25) is 5.02 Å². The molecule has 3 heterocycles. The molecule has 51 heavy (non-hydrogen) atoms. The third-order valence-electron chi connectivity index (χ3n) is 11.7. The Morgan fingerprint density at radius 3 is 2.78 bits per heavy atom. The van der Waals surface area contributed by atoms with Crippen molar-refractivity contribution >= 4 is 39.0 Å². The van der Waals surface area contributed by atoms with Gasteiger partial charge in [0.05, 0.1) is 35.4 Å². The molecular formula is C39H48ClN5O5S. The summed E-state index contributed by atoms with van der Waals surface area (Å²) in [5.74, 6) is 0.0131. The van der Waals surface area contributed by atoms with Gasteiger partial charge in [-0.05, 0) is 112 Å². The van der Waals surface area contributed by atoms with Crippen molar-refractivity contribution in [1.82, 2.24) is 14.5 Å². The van der Waals surface area contributed by atoms with E-state index in [2.05, 4.69) is 43.4 Å². The second kappa shape index (κ2) is 14.4. The summed E-state index contributed by atoms with van der Waals surface area (Å²) in [4.78, 5) is 29.9. The van der Waals surface area contributed by atoms with E-state index in [4.69, 9.17) is 21.1 Å². The SMILES string of the molecule is CCn1cc(C(=O)NS2(=O)=NC(=O)c3ccc4c(c3)N(C[C@@H]3CC[C@H]3[C@@H](OC)/C=C/C[C@H](C)[C@H]2C)C[C@@]2(CCCc3cc(Cl)ccc32)CO4)cn1. The van der Waals surface area contributed by atoms with Crippen molar-refractivity contribution < 1.29 is 23.3 Å². The van der Waals surface area contributed by atoms with Crippen LogP contribution in [0.25, 0.3) is 0 Å².